The number of ether oxygens (including phenoxy) is 4. The van der Waals surface area contributed by atoms with Crippen LogP contribution in [-0.2, 0) is 19.1 Å². The summed E-state index contributed by atoms with van der Waals surface area (Å²) in [5, 5.41) is 0. The van der Waals surface area contributed by atoms with Crippen molar-refractivity contribution in [1.82, 2.24) is 0 Å². The predicted octanol–water partition coefficient (Wildman–Crippen LogP) is 8.35. The van der Waals surface area contributed by atoms with Crippen LogP contribution in [0.25, 0.3) is 0 Å². The van der Waals surface area contributed by atoms with E-state index >= 15 is 0 Å². The van der Waals surface area contributed by atoms with Crippen molar-refractivity contribution in [2.45, 2.75) is 134 Å². The van der Waals surface area contributed by atoms with E-state index in [4.69, 9.17) is 18.9 Å². The third-order valence-corrected chi connectivity index (χ3v) is 8.57. The summed E-state index contributed by atoms with van der Waals surface area (Å²) in [4.78, 5) is 25.1. The van der Waals surface area contributed by atoms with E-state index in [9.17, 15) is 9.59 Å². The molecule has 40 heavy (non-hydrogen) atoms. The van der Waals surface area contributed by atoms with Crippen molar-refractivity contribution in [3.8, 4) is 11.5 Å². The van der Waals surface area contributed by atoms with Crippen molar-refractivity contribution in [2.24, 2.45) is 0 Å². The molecule has 2 rings (SSSR count). The van der Waals surface area contributed by atoms with Crippen LogP contribution < -0.4 is 9.47 Å². The maximum atomic E-state index is 12.5. The van der Waals surface area contributed by atoms with Gasteiger partial charge in [0.1, 0.15) is 11.5 Å². The highest BCUT2D eigenvalue weighted by Gasteiger charge is 2.21. The minimum absolute atomic E-state index is 0.213. The number of hydrogen-bond acceptors (Lipinski definition) is 6. The number of esters is 2. The van der Waals surface area contributed by atoms with Gasteiger partial charge in [0, 0.05) is 25.7 Å². The molecule has 0 radical (unpaired) electrons. The van der Waals surface area contributed by atoms with Crippen molar-refractivity contribution in [3.63, 3.8) is 0 Å². The molecule has 6 nitrogen and oxygen atoms in total. The highest BCUT2D eigenvalue weighted by Crippen LogP contribution is 2.34. The summed E-state index contributed by atoms with van der Waals surface area (Å²) < 4.78 is 23.6. The van der Waals surface area contributed by atoms with E-state index < -0.39 is 12.6 Å². The molecule has 0 heterocycles. The van der Waals surface area contributed by atoms with E-state index in [1.807, 2.05) is 41.5 Å². The van der Waals surface area contributed by atoms with E-state index in [-0.39, 0.29) is 24.8 Å². The molecule has 2 aromatic carbocycles. The molecule has 6 heteroatoms. The largest absolute Gasteiger partial charge is 0.454 e. The quantitative estimate of drug-likeness (QED) is 0.141. The van der Waals surface area contributed by atoms with Crippen molar-refractivity contribution in [3.05, 3.63) is 55.6 Å². The SMILES string of the molecule is CCC(OC(=O)CCCCC(=O)OC(CC)Oc1c(C)c(C)c(C)c(C)c1C)Oc1c(C)c(C)c(C)c(C)c1C. The van der Waals surface area contributed by atoms with Gasteiger partial charge in [0.15, 0.2) is 0 Å². The van der Waals surface area contributed by atoms with Gasteiger partial charge in [-0.3, -0.25) is 9.59 Å². The van der Waals surface area contributed by atoms with E-state index in [0.29, 0.717) is 25.7 Å². The molecule has 0 saturated heterocycles. The van der Waals surface area contributed by atoms with Gasteiger partial charge in [0.2, 0.25) is 12.6 Å². The molecular weight excluding hydrogens is 504 g/mol. The van der Waals surface area contributed by atoms with E-state index in [1.54, 1.807) is 0 Å². The maximum Gasteiger partial charge on any atom is 0.308 e. The average Bonchev–Trinajstić information content (AvgIpc) is 2.94. The van der Waals surface area contributed by atoms with E-state index in [1.165, 1.54) is 33.4 Å². The number of rotatable bonds is 13. The Morgan fingerprint density at radius 1 is 0.475 bits per heavy atom. The number of carbonyl (C=O) groups is 2. The first kappa shape index (κ1) is 33.2. The highest BCUT2D eigenvalue weighted by atomic mass is 16.7. The Balaban J connectivity index is 1.86. The zero-order valence-electron chi connectivity index (χ0n) is 26.8. The van der Waals surface area contributed by atoms with Gasteiger partial charge in [-0.05, 0) is 138 Å². The molecule has 222 valence electrons. The van der Waals surface area contributed by atoms with Gasteiger partial charge in [-0.1, -0.05) is 13.8 Å². The second-order valence-electron chi connectivity index (χ2n) is 11.0. The Morgan fingerprint density at radius 2 is 0.725 bits per heavy atom. The molecule has 0 saturated carbocycles. The standard InChI is InChI=1S/C34H50O6/c1-13-31(39-33-25(9)21(5)19(3)22(6)26(33)10)37-29(35)17-15-16-18-30(36)38-32(14-2)40-34-27(11)23(7)20(4)24(8)28(34)12/h31-32H,13-18H2,1-12H3. The lowest BCUT2D eigenvalue weighted by Crippen LogP contribution is -2.25. The van der Waals surface area contributed by atoms with Crippen LogP contribution in [0.15, 0.2) is 0 Å². The van der Waals surface area contributed by atoms with E-state index in [2.05, 4.69) is 41.5 Å². The van der Waals surface area contributed by atoms with Crippen LogP contribution >= 0.6 is 0 Å². The third kappa shape index (κ3) is 7.80. The Morgan fingerprint density at radius 3 is 0.975 bits per heavy atom. The smallest absolute Gasteiger partial charge is 0.308 e. The molecule has 0 fully saturated rings. The normalized spacial score (nSPS) is 12.6. The summed E-state index contributed by atoms with van der Waals surface area (Å²) in [6, 6.07) is 0. The fourth-order valence-electron chi connectivity index (χ4n) is 4.88. The minimum atomic E-state index is -0.653. The molecule has 2 unspecified atom stereocenters. The van der Waals surface area contributed by atoms with E-state index in [0.717, 1.165) is 33.8 Å². The molecule has 0 aliphatic heterocycles. The van der Waals surface area contributed by atoms with Gasteiger partial charge in [0.25, 0.3) is 0 Å². The molecule has 0 spiro atoms. The Labute approximate surface area is 241 Å². The average molecular weight is 555 g/mol. The summed E-state index contributed by atoms with van der Waals surface area (Å²) >= 11 is 0. The van der Waals surface area contributed by atoms with Crippen LogP contribution in [0.1, 0.15) is 108 Å². The van der Waals surface area contributed by atoms with Gasteiger partial charge in [-0.25, -0.2) is 0 Å². The Hall–Kier alpha value is -3.02. The van der Waals surface area contributed by atoms with Crippen molar-refractivity contribution in [2.75, 3.05) is 0 Å². The lowest BCUT2D eigenvalue weighted by molar-refractivity contribution is -0.166. The summed E-state index contributed by atoms with van der Waals surface area (Å²) in [5.74, 6) is 0.915. The summed E-state index contributed by atoms with van der Waals surface area (Å²) in [6.45, 7) is 24.6. The van der Waals surface area contributed by atoms with Crippen molar-refractivity contribution in [1.29, 1.82) is 0 Å². The van der Waals surface area contributed by atoms with Gasteiger partial charge < -0.3 is 18.9 Å². The van der Waals surface area contributed by atoms with Crippen LogP contribution in [0.3, 0.4) is 0 Å². The fraction of sp³-hybridized carbons (Fsp3) is 0.588. The second-order valence-corrected chi connectivity index (χ2v) is 11.0. The van der Waals surface area contributed by atoms with Crippen LogP contribution in [0.2, 0.25) is 0 Å². The number of benzene rings is 2. The molecule has 2 aromatic rings. The molecule has 0 aromatic heterocycles. The number of unbranched alkanes of at least 4 members (excludes halogenated alkanes) is 1. The fourth-order valence-corrected chi connectivity index (χ4v) is 4.88. The highest BCUT2D eigenvalue weighted by molar-refractivity contribution is 5.71. The molecule has 0 amide bonds. The topological polar surface area (TPSA) is 71.1 Å². The lowest BCUT2D eigenvalue weighted by atomic mass is 9.94. The van der Waals surface area contributed by atoms with Gasteiger partial charge >= 0.3 is 11.9 Å². The predicted molar refractivity (Wildman–Crippen MR) is 160 cm³/mol. The van der Waals surface area contributed by atoms with Crippen LogP contribution in [0, 0.1) is 69.2 Å². The lowest BCUT2D eigenvalue weighted by Gasteiger charge is -2.24. The van der Waals surface area contributed by atoms with Gasteiger partial charge in [-0.2, -0.15) is 0 Å². The molecule has 0 aliphatic rings. The first-order valence-corrected chi connectivity index (χ1v) is 14.6. The summed E-state index contributed by atoms with van der Waals surface area (Å²) in [5.41, 5.74) is 11.6. The first-order chi connectivity index (χ1) is 18.7. The molecule has 0 N–H and O–H groups in total. The van der Waals surface area contributed by atoms with Crippen molar-refractivity contribution < 1.29 is 28.5 Å². The number of hydrogen-bond donors (Lipinski definition) is 0. The zero-order valence-corrected chi connectivity index (χ0v) is 26.8. The summed E-state index contributed by atoms with van der Waals surface area (Å²) in [7, 11) is 0. The Bertz CT molecular complexity index is 1070. The number of carbonyl (C=O) groups excluding carboxylic acids is 2. The third-order valence-electron chi connectivity index (χ3n) is 8.57. The minimum Gasteiger partial charge on any atom is -0.454 e. The van der Waals surface area contributed by atoms with Gasteiger partial charge in [0.05, 0.1) is 0 Å². The molecule has 2 atom stereocenters. The monoisotopic (exact) mass is 554 g/mol. The maximum absolute atomic E-state index is 12.5. The van der Waals surface area contributed by atoms with Crippen molar-refractivity contribution >= 4 is 11.9 Å². The van der Waals surface area contributed by atoms with Crippen LogP contribution in [0.4, 0.5) is 0 Å². The first-order valence-electron chi connectivity index (χ1n) is 14.6. The van der Waals surface area contributed by atoms with Crippen LogP contribution in [0.5, 0.6) is 11.5 Å². The molecular formula is C34H50O6. The zero-order chi connectivity index (χ0) is 30.3. The molecule has 0 bridgehead atoms. The Kier molecular flexibility index (Phi) is 12.1. The molecule has 0 aliphatic carbocycles. The van der Waals surface area contributed by atoms with Gasteiger partial charge in [-0.15, -0.1) is 0 Å². The second kappa shape index (κ2) is 14.6. The van der Waals surface area contributed by atoms with Crippen LogP contribution in [-0.4, -0.2) is 24.5 Å². The summed E-state index contributed by atoms with van der Waals surface area (Å²) in [6.07, 6.45) is 1.26.